The van der Waals surface area contributed by atoms with E-state index in [1.54, 1.807) is 0 Å². The van der Waals surface area contributed by atoms with Gasteiger partial charge in [-0.2, -0.15) is 0 Å². The first-order chi connectivity index (χ1) is 14.4. The van der Waals surface area contributed by atoms with E-state index >= 15 is 0 Å². The van der Waals surface area contributed by atoms with Crippen LogP contribution in [0.3, 0.4) is 0 Å². The smallest absolute Gasteiger partial charge is 0.410 e. The summed E-state index contributed by atoms with van der Waals surface area (Å²) in [6.45, 7) is 0.504. The zero-order valence-electron chi connectivity index (χ0n) is 16.4. The van der Waals surface area contributed by atoms with Gasteiger partial charge in [0.2, 0.25) is 11.8 Å². The van der Waals surface area contributed by atoms with Crippen molar-refractivity contribution in [3.8, 4) is 0 Å². The lowest BCUT2D eigenvalue weighted by molar-refractivity contribution is -0.130. The Morgan fingerprint density at radius 3 is 2.47 bits per heavy atom. The molecule has 1 aliphatic heterocycles. The molecule has 3 rings (SSSR count). The predicted molar refractivity (Wildman–Crippen MR) is 108 cm³/mol. The van der Waals surface area contributed by atoms with Crippen molar-refractivity contribution in [3.63, 3.8) is 0 Å². The van der Waals surface area contributed by atoms with Crippen molar-refractivity contribution in [3.05, 3.63) is 71.5 Å². The summed E-state index contributed by atoms with van der Waals surface area (Å²) < 4.78 is 18.4. The van der Waals surface area contributed by atoms with Crippen molar-refractivity contribution in [1.29, 1.82) is 0 Å². The monoisotopic (exact) mass is 413 g/mol. The third kappa shape index (κ3) is 5.56. The molecule has 8 heteroatoms. The molecule has 0 saturated carbocycles. The number of nitrogens with zero attached hydrogens (tertiary/aromatic N) is 1. The number of primary amides is 1. The number of likely N-dealkylation sites (tertiary alicyclic amines) is 1. The SMILES string of the molecule is NC(=O)[C@@H](Cc1ccc(F)cc1)NC(=O)[C@H]1CCCN1C(=O)OCc1ccccc1. The molecular weight excluding hydrogens is 389 g/mol. The quantitative estimate of drug-likeness (QED) is 0.726. The second-order valence-electron chi connectivity index (χ2n) is 7.19. The van der Waals surface area contributed by atoms with E-state index < -0.39 is 35.8 Å². The molecule has 0 aromatic heterocycles. The van der Waals surface area contributed by atoms with Gasteiger partial charge in [0.1, 0.15) is 24.5 Å². The van der Waals surface area contributed by atoms with Crippen LogP contribution >= 0.6 is 0 Å². The van der Waals surface area contributed by atoms with Gasteiger partial charge in [-0.1, -0.05) is 42.5 Å². The van der Waals surface area contributed by atoms with Gasteiger partial charge in [-0.05, 0) is 36.1 Å². The van der Waals surface area contributed by atoms with Crippen LogP contribution in [0.25, 0.3) is 0 Å². The van der Waals surface area contributed by atoms with E-state index in [-0.39, 0.29) is 13.0 Å². The Morgan fingerprint density at radius 2 is 1.80 bits per heavy atom. The van der Waals surface area contributed by atoms with Gasteiger partial charge in [-0.15, -0.1) is 0 Å². The van der Waals surface area contributed by atoms with E-state index in [0.717, 1.165) is 5.56 Å². The Kier molecular flexibility index (Phi) is 7.00. The summed E-state index contributed by atoms with van der Waals surface area (Å²) in [5, 5.41) is 2.62. The van der Waals surface area contributed by atoms with Crippen LogP contribution in [0.5, 0.6) is 0 Å². The number of rotatable bonds is 7. The highest BCUT2D eigenvalue weighted by atomic mass is 19.1. The first-order valence-corrected chi connectivity index (χ1v) is 9.75. The number of amides is 3. The predicted octanol–water partition coefficient (Wildman–Crippen LogP) is 2.14. The number of hydrogen-bond donors (Lipinski definition) is 2. The summed E-state index contributed by atoms with van der Waals surface area (Å²) >= 11 is 0. The fraction of sp³-hybridized carbons (Fsp3) is 0.318. The van der Waals surface area contributed by atoms with E-state index in [0.29, 0.717) is 24.9 Å². The van der Waals surface area contributed by atoms with Crippen molar-refractivity contribution in [2.24, 2.45) is 5.73 Å². The maximum atomic E-state index is 13.1. The maximum Gasteiger partial charge on any atom is 0.410 e. The van der Waals surface area contributed by atoms with Gasteiger partial charge in [0, 0.05) is 13.0 Å². The summed E-state index contributed by atoms with van der Waals surface area (Å²) in [5.41, 5.74) is 6.94. The Bertz CT molecular complexity index is 889. The van der Waals surface area contributed by atoms with Gasteiger partial charge < -0.3 is 15.8 Å². The molecule has 3 N–H and O–H groups in total. The molecule has 158 valence electrons. The highest BCUT2D eigenvalue weighted by Gasteiger charge is 2.36. The molecule has 0 aliphatic carbocycles. The lowest BCUT2D eigenvalue weighted by Gasteiger charge is -2.25. The maximum absolute atomic E-state index is 13.1. The van der Waals surface area contributed by atoms with Crippen molar-refractivity contribution in [2.75, 3.05) is 6.54 Å². The van der Waals surface area contributed by atoms with Crippen LogP contribution < -0.4 is 11.1 Å². The van der Waals surface area contributed by atoms with E-state index in [1.165, 1.54) is 29.2 Å². The lowest BCUT2D eigenvalue weighted by atomic mass is 10.0. The Hall–Kier alpha value is -3.42. The average molecular weight is 413 g/mol. The molecule has 30 heavy (non-hydrogen) atoms. The third-order valence-electron chi connectivity index (χ3n) is 5.01. The zero-order valence-corrected chi connectivity index (χ0v) is 16.4. The van der Waals surface area contributed by atoms with Gasteiger partial charge in [-0.3, -0.25) is 14.5 Å². The number of benzene rings is 2. The normalized spacial score (nSPS) is 16.7. The number of hydrogen-bond acceptors (Lipinski definition) is 4. The molecule has 1 fully saturated rings. The fourth-order valence-corrected chi connectivity index (χ4v) is 3.41. The van der Waals surface area contributed by atoms with E-state index in [1.807, 2.05) is 30.3 Å². The molecule has 2 atom stereocenters. The Balaban J connectivity index is 1.59. The van der Waals surface area contributed by atoms with E-state index in [2.05, 4.69) is 5.32 Å². The topological polar surface area (TPSA) is 102 Å². The molecule has 2 aromatic carbocycles. The molecule has 1 saturated heterocycles. The van der Waals surface area contributed by atoms with Crippen molar-refractivity contribution >= 4 is 17.9 Å². The van der Waals surface area contributed by atoms with Crippen LogP contribution in [0.4, 0.5) is 9.18 Å². The fourth-order valence-electron chi connectivity index (χ4n) is 3.41. The van der Waals surface area contributed by atoms with Crippen LogP contribution in [0.2, 0.25) is 0 Å². The third-order valence-corrected chi connectivity index (χ3v) is 5.01. The lowest BCUT2D eigenvalue weighted by Crippen LogP contribution is -2.53. The Labute approximate surface area is 174 Å². The van der Waals surface area contributed by atoms with Crippen molar-refractivity contribution in [1.82, 2.24) is 10.2 Å². The highest BCUT2D eigenvalue weighted by molar-refractivity contribution is 5.91. The molecular formula is C22H24FN3O4. The summed E-state index contributed by atoms with van der Waals surface area (Å²) in [5.74, 6) is -1.56. The molecule has 0 unspecified atom stereocenters. The molecule has 0 bridgehead atoms. The highest BCUT2D eigenvalue weighted by Crippen LogP contribution is 2.19. The van der Waals surface area contributed by atoms with Crippen LogP contribution in [0, 0.1) is 5.82 Å². The molecule has 7 nitrogen and oxygen atoms in total. The first kappa shape index (κ1) is 21.3. The summed E-state index contributed by atoms with van der Waals surface area (Å²) in [7, 11) is 0. The molecule has 1 aliphatic rings. The van der Waals surface area contributed by atoms with E-state index in [9.17, 15) is 18.8 Å². The van der Waals surface area contributed by atoms with Crippen molar-refractivity contribution < 1.29 is 23.5 Å². The summed E-state index contributed by atoms with van der Waals surface area (Å²) in [6.07, 6.45) is 0.670. The summed E-state index contributed by atoms with van der Waals surface area (Å²) in [6, 6.07) is 13.2. The van der Waals surface area contributed by atoms with Gasteiger partial charge in [0.05, 0.1) is 0 Å². The number of ether oxygens (including phenoxy) is 1. The molecule has 3 amide bonds. The van der Waals surface area contributed by atoms with Crippen LogP contribution in [0.15, 0.2) is 54.6 Å². The molecule has 0 radical (unpaired) electrons. The molecule has 2 aromatic rings. The van der Waals surface area contributed by atoms with Gasteiger partial charge in [0.15, 0.2) is 0 Å². The minimum absolute atomic E-state index is 0.110. The second-order valence-corrected chi connectivity index (χ2v) is 7.19. The van der Waals surface area contributed by atoms with Crippen LogP contribution in [0.1, 0.15) is 24.0 Å². The number of nitrogens with one attached hydrogen (secondary N) is 1. The number of carbonyl (C=O) groups is 3. The minimum atomic E-state index is -0.967. The number of halogens is 1. The van der Waals surface area contributed by atoms with Gasteiger partial charge >= 0.3 is 6.09 Å². The average Bonchev–Trinajstić information content (AvgIpc) is 3.24. The standard InChI is InChI=1S/C22H24FN3O4/c23-17-10-8-15(9-11-17)13-18(20(24)27)25-21(28)19-7-4-12-26(19)22(29)30-14-16-5-2-1-3-6-16/h1-3,5-6,8-11,18-19H,4,7,12-14H2,(H2,24,27)(H,25,28)/t18-,19-/m1/s1. The largest absolute Gasteiger partial charge is 0.445 e. The second kappa shape index (κ2) is 9.87. The van der Waals surface area contributed by atoms with Gasteiger partial charge in [0.25, 0.3) is 0 Å². The van der Waals surface area contributed by atoms with Crippen molar-refractivity contribution in [2.45, 2.75) is 38.0 Å². The zero-order chi connectivity index (χ0) is 21.5. The summed E-state index contributed by atoms with van der Waals surface area (Å²) in [4.78, 5) is 38.4. The van der Waals surface area contributed by atoms with Crippen LogP contribution in [-0.2, 0) is 27.4 Å². The Morgan fingerprint density at radius 1 is 1.10 bits per heavy atom. The number of nitrogens with two attached hydrogens (primary N) is 1. The number of carbonyl (C=O) groups excluding carboxylic acids is 3. The minimum Gasteiger partial charge on any atom is -0.445 e. The first-order valence-electron chi connectivity index (χ1n) is 9.75. The molecule has 1 heterocycles. The molecule has 0 spiro atoms. The van der Waals surface area contributed by atoms with Crippen LogP contribution in [-0.4, -0.2) is 41.4 Å². The van der Waals surface area contributed by atoms with E-state index in [4.69, 9.17) is 10.5 Å². The van der Waals surface area contributed by atoms with Gasteiger partial charge in [-0.25, -0.2) is 9.18 Å².